The van der Waals surface area contributed by atoms with Crippen LogP contribution in [-0.2, 0) is 14.3 Å². The number of nitrogens with zero attached hydrogens (tertiary/aromatic N) is 2. The molecule has 0 aliphatic carbocycles. The molecule has 1 saturated heterocycles. The Morgan fingerprint density at radius 3 is 2.30 bits per heavy atom. The van der Waals surface area contributed by atoms with E-state index in [1.54, 1.807) is 29.2 Å². The zero-order valence-electron chi connectivity index (χ0n) is 17.8. The van der Waals surface area contributed by atoms with E-state index in [0.717, 1.165) is 12.1 Å². The number of halogens is 2. The van der Waals surface area contributed by atoms with Crippen molar-refractivity contribution >= 4 is 29.5 Å². The fraction of sp³-hybridized carbons (Fsp3) is 0.261. The predicted molar refractivity (Wildman–Crippen MR) is 115 cm³/mol. The molecule has 10 heteroatoms. The zero-order chi connectivity index (χ0) is 23.5. The maximum absolute atomic E-state index is 12.7. The molecule has 0 atom stereocenters. The Hall–Kier alpha value is -3.95. The molecule has 1 fully saturated rings. The molecular formula is C23H20F2N2O6. The Balaban J connectivity index is 1.61. The minimum atomic E-state index is -3.07. The molecule has 2 heterocycles. The Kier molecular flexibility index (Phi) is 6.25. The Morgan fingerprint density at radius 1 is 1.09 bits per heavy atom. The van der Waals surface area contributed by atoms with Crippen molar-refractivity contribution in [2.24, 2.45) is 4.99 Å². The second-order valence-corrected chi connectivity index (χ2v) is 7.16. The number of cyclic esters (lactones) is 1. The molecule has 33 heavy (non-hydrogen) atoms. The summed E-state index contributed by atoms with van der Waals surface area (Å²) in [5.74, 6) is -0.731. The van der Waals surface area contributed by atoms with Gasteiger partial charge in [-0.2, -0.15) is 8.78 Å². The van der Waals surface area contributed by atoms with E-state index in [0.29, 0.717) is 24.1 Å². The molecule has 172 valence electrons. The van der Waals surface area contributed by atoms with Crippen LogP contribution in [0.1, 0.15) is 24.0 Å². The molecule has 0 saturated carbocycles. The average molecular weight is 458 g/mol. The predicted octanol–water partition coefficient (Wildman–Crippen LogP) is 3.78. The summed E-state index contributed by atoms with van der Waals surface area (Å²) in [6.45, 7) is -2.39. The van der Waals surface area contributed by atoms with E-state index in [2.05, 4.69) is 9.73 Å². The monoisotopic (exact) mass is 458 g/mol. The van der Waals surface area contributed by atoms with Crippen LogP contribution in [0, 0.1) is 0 Å². The Labute approximate surface area is 188 Å². The van der Waals surface area contributed by atoms with Crippen LogP contribution in [0.15, 0.2) is 47.1 Å². The van der Waals surface area contributed by atoms with Crippen molar-refractivity contribution in [1.29, 1.82) is 0 Å². The average Bonchev–Trinajstić information content (AvgIpc) is 3.39. The normalized spacial score (nSPS) is 16.9. The van der Waals surface area contributed by atoms with Gasteiger partial charge in [0, 0.05) is 24.2 Å². The maximum atomic E-state index is 12.7. The minimum absolute atomic E-state index is 0.00381. The molecule has 0 unspecified atom stereocenters. The molecule has 4 rings (SSSR count). The molecule has 2 aliphatic heterocycles. The third kappa shape index (κ3) is 4.64. The number of hydrogen-bond acceptors (Lipinski definition) is 7. The largest absolute Gasteiger partial charge is 0.493 e. The van der Waals surface area contributed by atoms with Crippen LogP contribution in [0.2, 0.25) is 0 Å². The molecule has 0 N–H and O–H groups in total. The van der Waals surface area contributed by atoms with Gasteiger partial charge in [-0.1, -0.05) is 0 Å². The minimum Gasteiger partial charge on any atom is -0.493 e. The van der Waals surface area contributed by atoms with Crippen LogP contribution >= 0.6 is 0 Å². The van der Waals surface area contributed by atoms with Crippen LogP contribution in [0.25, 0.3) is 6.08 Å². The van der Waals surface area contributed by atoms with Gasteiger partial charge in [0.25, 0.3) is 0 Å². The molecule has 0 spiro atoms. The van der Waals surface area contributed by atoms with E-state index in [1.807, 2.05) is 0 Å². The van der Waals surface area contributed by atoms with Gasteiger partial charge in [0.2, 0.25) is 17.6 Å². The first-order valence-electron chi connectivity index (χ1n) is 10.0. The molecule has 2 aromatic rings. The number of hydrogen-bond donors (Lipinski definition) is 0. The maximum Gasteiger partial charge on any atom is 0.387 e. The van der Waals surface area contributed by atoms with E-state index in [1.165, 1.54) is 32.4 Å². The summed E-state index contributed by atoms with van der Waals surface area (Å²) in [5, 5.41) is 0. The van der Waals surface area contributed by atoms with Gasteiger partial charge in [-0.3, -0.25) is 4.79 Å². The number of aliphatic imine (C=N–C) groups is 1. The van der Waals surface area contributed by atoms with Crippen molar-refractivity contribution in [1.82, 2.24) is 0 Å². The fourth-order valence-electron chi connectivity index (χ4n) is 3.58. The molecule has 2 aromatic carbocycles. The van der Waals surface area contributed by atoms with Crippen molar-refractivity contribution in [2.75, 3.05) is 25.7 Å². The summed E-state index contributed by atoms with van der Waals surface area (Å²) in [7, 11) is 2.59. The van der Waals surface area contributed by atoms with E-state index in [4.69, 9.17) is 14.2 Å². The topological polar surface area (TPSA) is 86.7 Å². The summed E-state index contributed by atoms with van der Waals surface area (Å²) in [6.07, 6.45) is 2.78. The molecular weight excluding hydrogens is 438 g/mol. The lowest BCUT2D eigenvalue weighted by molar-refractivity contribution is -0.130. The molecule has 2 aliphatic rings. The van der Waals surface area contributed by atoms with Gasteiger partial charge in [0.1, 0.15) is 0 Å². The molecule has 0 aromatic heterocycles. The SMILES string of the molecule is COc1cc(/C=C2\N=C(c3ccc(N4CCCC4=O)cc3)OC2=O)cc(OC)c1OC(F)F. The van der Waals surface area contributed by atoms with Crippen molar-refractivity contribution in [2.45, 2.75) is 19.5 Å². The highest BCUT2D eigenvalue weighted by Crippen LogP contribution is 2.40. The molecule has 8 nitrogen and oxygen atoms in total. The first-order chi connectivity index (χ1) is 15.9. The van der Waals surface area contributed by atoms with Gasteiger partial charge in [-0.25, -0.2) is 9.79 Å². The number of carbonyl (C=O) groups is 2. The highest BCUT2D eigenvalue weighted by molar-refractivity contribution is 6.13. The van der Waals surface area contributed by atoms with Gasteiger partial charge < -0.3 is 23.8 Å². The number of carbonyl (C=O) groups excluding carboxylic acids is 2. The number of benzene rings is 2. The van der Waals surface area contributed by atoms with Crippen LogP contribution in [0.4, 0.5) is 14.5 Å². The van der Waals surface area contributed by atoms with Gasteiger partial charge in [0.15, 0.2) is 17.2 Å². The highest BCUT2D eigenvalue weighted by Gasteiger charge is 2.26. The first kappa shape index (κ1) is 22.3. The number of amides is 1. The number of methoxy groups -OCH3 is 2. The standard InChI is InChI=1S/C23H20F2N2O6/c1-30-17-11-13(12-18(31-2)20(17)32-23(24)25)10-16-22(29)33-21(26-16)14-5-7-15(8-6-14)27-9-3-4-19(27)28/h5-8,10-12,23H,3-4,9H2,1-2H3/b16-10-. The highest BCUT2D eigenvalue weighted by atomic mass is 19.3. The van der Waals surface area contributed by atoms with Crippen molar-refractivity contribution in [3.63, 3.8) is 0 Å². The van der Waals surface area contributed by atoms with Gasteiger partial charge in [0.05, 0.1) is 14.2 Å². The molecule has 1 amide bonds. The van der Waals surface area contributed by atoms with Gasteiger partial charge in [-0.15, -0.1) is 0 Å². The zero-order valence-corrected chi connectivity index (χ0v) is 17.8. The van der Waals surface area contributed by atoms with Crippen molar-refractivity contribution in [3.8, 4) is 17.2 Å². The number of esters is 1. The number of anilines is 1. The number of rotatable bonds is 7. The summed E-state index contributed by atoms with van der Waals surface area (Å²) >= 11 is 0. The summed E-state index contributed by atoms with van der Waals surface area (Å²) < 4.78 is 45.5. The summed E-state index contributed by atoms with van der Waals surface area (Å²) in [5.41, 5.74) is 1.76. The van der Waals surface area contributed by atoms with E-state index in [-0.39, 0.29) is 34.8 Å². The lowest BCUT2D eigenvalue weighted by Gasteiger charge is -2.15. The summed E-state index contributed by atoms with van der Waals surface area (Å²) in [6, 6.07) is 9.81. The Bertz CT molecular complexity index is 1120. The second-order valence-electron chi connectivity index (χ2n) is 7.16. The van der Waals surface area contributed by atoms with Crippen molar-refractivity contribution in [3.05, 3.63) is 53.2 Å². The summed E-state index contributed by atoms with van der Waals surface area (Å²) in [4.78, 5) is 30.2. The molecule has 0 bridgehead atoms. The van der Waals surface area contributed by atoms with E-state index in [9.17, 15) is 18.4 Å². The number of alkyl halides is 2. The van der Waals surface area contributed by atoms with Crippen LogP contribution < -0.4 is 19.1 Å². The lowest BCUT2D eigenvalue weighted by Crippen LogP contribution is -2.23. The van der Waals surface area contributed by atoms with E-state index >= 15 is 0 Å². The Morgan fingerprint density at radius 2 is 1.76 bits per heavy atom. The van der Waals surface area contributed by atoms with Gasteiger partial charge >= 0.3 is 12.6 Å². The van der Waals surface area contributed by atoms with E-state index < -0.39 is 12.6 Å². The third-order valence-electron chi connectivity index (χ3n) is 5.11. The second kappa shape index (κ2) is 9.27. The van der Waals surface area contributed by atoms with Crippen LogP contribution in [-0.4, -0.2) is 45.2 Å². The van der Waals surface area contributed by atoms with Crippen LogP contribution in [0.5, 0.6) is 17.2 Å². The lowest BCUT2D eigenvalue weighted by atomic mass is 10.1. The fourth-order valence-corrected chi connectivity index (χ4v) is 3.58. The quantitative estimate of drug-likeness (QED) is 0.464. The molecule has 0 radical (unpaired) electrons. The smallest absolute Gasteiger partial charge is 0.387 e. The number of ether oxygens (including phenoxy) is 4. The van der Waals surface area contributed by atoms with Crippen molar-refractivity contribution < 1.29 is 37.3 Å². The third-order valence-corrected chi connectivity index (χ3v) is 5.11. The van der Waals surface area contributed by atoms with Gasteiger partial charge in [-0.05, 0) is 54.5 Å². The van der Waals surface area contributed by atoms with Crippen LogP contribution in [0.3, 0.4) is 0 Å². The first-order valence-corrected chi connectivity index (χ1v) is 10.0.